The molecule has 0 bridgehead atoms. The van der Waals surface area contributed by atoms with Gasteiger partial charge >= 0.3 is 0 Å². The van der Waals surface area contributed by atoms with Gasteiger partial charge in [-0.25, -0.2) is 9.50 Å². The normalized spacial score (nSPS) is 11.1. The van der Waals surface area contributed by atoms with Crippen LogP contribution < -0.4 is 10.1 Å². The maximum absolute atomic E-state index is 6.07. The second-order valence-electron chi connectivity index (χ2n) is 8.34. The zero-order valence-electron chi connectivity index (χ0n) is 20.1. The molecule has 0 unspecified atom stereocenters. The van der Waals surface area contributed by atoms with Gasteiger partial charge in [0.05, 0.1) is 0 Å². The highest BCUT2D eigenvalue weighted by atomic mass is 35.5. The van der Waals surface area contributed by atoms with E-state index in [1.54, 1.807) is 28.6 Å². The van der Waals surface area contributed by atoms with Crippen LogP contribution in [0.2, 0.25) is 5.02 Å². The summed E-state index contributed by atoms with van der Waals surface area (Å²) in [6.45, 7) is 4.07. The summed E-state index contributed by atoms with van der Waals surface area (Å²) in [4.78, 5) is 5.44. The number of nitrogens with one attached hydrogen (secondary N) is 1. The van der Waals surface area contributed by atoms with Crippen LogP contribution >= 0.6 is 23.4 Å². The van der Waals surface area contributed by atoms with E-state index >= 15 is 0 Å². The van der Waals surface area contributed by atoms with Crippen molar-refractivity contribution in [3.05, 3.63) is 109 Å². The van der Waals surface area contributed by atoms with Gasteiger partial charge in [0.1, 0.15) is 17.3 Å². The van der Waals surface area contributed by atoms with E-state index in [0.717, 1.165) is 43.3 Å². The molecule has 3 aromatic heterocycles. The summed E-state index contributed by atoms with van der Waals surface area (Å²) < 4.78 is 7.34. The number of ether oxygens (including phenoxy) is 1. The molecule has 1 N–H and O–H groups in total. The van der Waals surface area contributed by atoms with Gasteiger partial charge in [-0.05, 0) is 42.5 Å². The number of fused-ring (bicyclic) bond motifs is 2. The smallest absolute Gasteiger partial charge is 0.235 e. The van der Waals surface area contributed by atoms with Crippen LogP contribution in [0.3, 0.4) is 0 Å². The van der Waals surface area contributed by atoms with Crippen LogP contribution in [0.5, 0.6) is 5.88 Å². The molecule has 6 rings (SSSR count). The summed E-state index contributed by atoms with van der Waals surface area (Å²) in [5, 5.41) is 20.6. The quantitative estimate of drug-likeness (QED) is 0.160. The first-order valence-electron chi connectivity index (χ1n) is 11.8. The van der Waals surface area contributed by atoms with Crippen molar-refractivity contribution in [1.29, 1.82) is 0 Å². The molecule has 0 aliphatic rings. The van der Waals surface area contributed by atoms with Crippen molar-refractivity contribution in [3.8, 4) is 17.1 Å². The standard InChI is InChI=1S/C29H21ClN6OS/c1-2-17-37-26-18-25-31-16-15-27(36(25)35-26)38-22-13-11-21(12-14-22)32-29-24-6-4-3-5-23(24)28(33-34-29)19-7-9-20(30)10-8-19/h2-16,18H,1,17H2,(H,32,34). The number of benzene rings is 3. The number of aromatic nitrogens is 5. The van der Waals surface area contributed by atoms with Gasteiger partial charge in [0.15, 0.2) is 11.5 Å². The van der Waals surface area contributed by atoms with Gasteiger partial charge in [-0.2, -0.15) is 0 Å². The molecule has 7 nitrogen and oxygen atoms in total. The highest BCUT2D eigenvalue weighted by Gasteiger charge is 2.12. The average molecular weight is 537 g/mol. The molecule has 3 aromatic carbocycles. The molecule has 3 heterocycles. The number of halogens is 1. The lowest BCUT2D eigenvalue weighted by atomic mass is 10.0. The van der Waals surface area contributed by atoms with Crippen molar-refractivity contribution in [2.24, 2.45) is 0 Å². The summed E-state index contributed by atoms with van der Waals surface area (Å²) in [5.74, 6) is 1.21. The fourth-order valence-corrected chi connectivity index (χ4v) is 5.01. The molecule has 38 heavy (non-hydrogen) atoms. The van der Waals surface area contributed by atoms with Gasteiger partial charge in [0.25, 0.3) is 0 Å². The number of hydrogen-bond donors (Lipinski definition) is 1. The van der Waals surface area contributed by atoms with Gasteiger partial charge in [0.2, 0.25) is 5.88 Å². The summed E-state index contributed by atoms with van der Waals surface area (Å²) in [6, 6.07) is 27.6. The minimum absolute atomic E-state index is 0.393. The number of hydrogen-bond acceptors (Lipinski definition) is 7. The number of nitrogens with zero attached hydrogens (tertiary/aromatic N) is 5. The largest absolute Gasteiger partial charge is 0.472 e. The molecular formula is C29H21ClN6OS. The van der Waals surface area contributed by atoms with Gasteiger partial charge in [-0.3, -0.25) is 0 Å². The van der Waals surface area contributed by atoms with Crippen LogP contribution in [-0.2, 0) is 0 Å². The van der Waals surface area contributed by atoms with E-state index in [1.165, 1.54) is 0 Å². The maximum atomic E-state index is 6.07. The van der Waals surface area contributed by atoms with Crippen molar-refractivity contribution in [1.82, 2.24) is 24.8 Å². The fraction of sp³-hybridized carbons (Fsp3) is 0.0345. The second kappa shape index (κ2) is 10.5. The van der Waals surface area contributed by atoms with E-state index in [-0.39, 0.29) is 0 Å². The zero-order chi connectivity index (χ0) is 25.9. The first-order valence-corrected chi connectivity index (χ1v) is 13.0. The third-order valence-corrected chi connectivity index (χ3v) is 7.07. The fourth-order valence-electron chi connectivity index (χ4n) is 4.03. The predicted octanol–water partition coefficient (Wildman–Crippen LogP) is 7.45. The highest BCUT2D eigenvalue weighted by Crippen LogP contribution is 2.33. The van der Waals surface area contributed by atoms with Crippen LogP contribution in [-0.4, -0.2) is 31.4 Å². The van der Waals surface area contributed by atoms with E-state index < -0.39 is 0 Å². The van der Waals surface area contributed by atoms with Gasteiger partial charge in [0, 0.05) is 44.2 Å². The average Bonchev–Trinajstić information content (AvgIpc) is 3.38. The maximum Gasteiger partial charge on any atom is 0.235 e. The number of rotatable bonds is 8. The van der Waals surface area contributed by atoms with Gasteiger partial charge in [-0.15, -0.1) is 15.3 Å². The van der Waals surface area contributed by atoms with E-state index in [0.29, 0.717) is 23.3 Å². The topological polar surface area (TPSA) is 77.2 Å². The molecule has 186 valence electrons. The molecule has 0 saturated heterocycles. The lowest BCUT2D eigenvalue weighted by molar-refractivity contribution is 0.346. The lowest BCUT2D eigenvalue weighted by Crippen LogP contribution is -1.99. The summed E-state index contributed by atoms with van der Waals surface area (Å²) in [7, 11) is 0. The van der Waals surface area contributed by atoms with Crippen molar-refractivity contribution >= 4 is 51.3 Å². The van der Waals surface area contributed by atoms with Crippen molar-refractivity contribution < 1.29 is 4.74 Å². The lowest BCUT2D eigenvalue weighted by Gasteiger charge is -2.12. The molecule has 6 aromatic rings. The Labute approximate surface area is 228 Å². The Hall–Kier alpha value is -4.40. The van der Waals surface area contributed by atoms with Crippen molar-refractivity contribution in [3.63, 3.8) is 0 Å². The summed E-state index contributed by atoms with van der Waals surface area (Å²) >= 11 is 7.66. The minimum Gasteiger partial charge on any atom is -0.472 e. The second-order valence-corrected chi connectivity index (χ2v) is 9.87. The Morgan fingerprint density at radius 1 is 0.947 bits per heavy atom. The van der Waals surface area contributed by atoms with Crippen LogP contribution in [0, 0.1) is 0 Å². The first kappa shape index (κ1) is 24.0. The van der Waals surface area contributed by atoms with E-state index in [9.17, 15) is 0 Å². The Bertz CT molecular complexity index is 1750. The highest BCUT2D eigenvalue weighted by molar-refractivity contribution is 7.99. The first-order chi connectivity index (χ1) is 18.7. The van der Waals surface area contributed by atoms with Gasteiger partial charge in [-0.1, -0.05) is 72.4 Å². The van der Waals surface area contributed by atoms with E-state index in [1.807, 2.05) is 66.7 Å². The summed E-state index contributed by atoms with van der Waals surface area (Å²) in [6.07, 6.45) is 3.45. The molecule has 0 fully saturated rings. The van der Waals surface area contributed by atoms with Crippen LogP contribution in [0.15, 0.2) is 114 Å². The minimum atomic E-state index is 0.393. The van der Waals surface area contributed by atoms with Crippen LogP contribution in [0.25, 0.3) is 27.7 Å². The Kier molecular flexibility index (Phi) is 6.64. The molecule has 0 amide bonds. The van der Waals surface area contributed by atoms with Crippen molar-refractivity contribution in [2.75, 3.05) is 11.9 Å². The van der Waals surface area contributed by atoms with Crippen molar-refractivity contribution in [2.45, 2.75) is 9.92 Å². The molecule has 0 aliphatic carbocycles. The molecule has 0 radical (unpaired) electrons. The van der Waals surface area contributed by atoms with E-state index in [2.05, 4.69) is 50.4 Å². The zero-order valence-corrected chi connectivity index (χ0v) is 21.7. The summed E-state index contributed by atoms with van der Waals surface area (Å²) in [5.41, 5.74) is 3.41. The molecule has 9 heteroatoms. The Balaban J connectivity index is 1.24. The molecular weight excluding hydrogens is 516 g/mol. The van der Waals surface area contributed by atoms with Gasteiger partial charge < -0.3 is 10.1 Å². The molecule has 0 spiro atoms. The third-order valence-electron chi connectivity index (χ3n) is 5.79. The Morgan fingerprint density at radius 3 is 2.53 bits per heavy atom. The van der Waals surface area contributed by atoms with E-state index in [4.69, 9.17) is 16.3 Å². The third kappa shape index (κ3) is 4.91. The monoisotopic (exact) mass is 536 g/mol. The molecule has 0 aliphatic heterocycles. The molecule has 0 saturated carbocycles. The van der Waals surface area contributed by atoms with Crippen LogP contribution in [0.4, 0.5) is 11.5 Å². The SMILES string of the molecule is C=CCOc1cc2nccc(Sc3ccc(Nc4nnc(-c5ccc(Cl)cc5)c5ccccc45)cc3)n2n1. The van der Waals surface area contributed by atoms with Crippen LogP contribution in [0.1, 0.15) is 0 Å². The Morgan fingerprint density at radius 2 is 1.74 bits per heavy atom. The molecule has 0 atom stereocenters. The number of anilines is 2. The predicted molar refractivity (Wildman–Crippen MR) is 153 cm³/mol.